The van der Waals surface area contributed by atoms with Crippen molar-refractivity contribution in [2.24, 2.45) is 0 Å². The van der Waals surface area contributed by atoms with Crippen LogP contribution < -0.4 is 11.5 Å². The Bertz CT molecular complexity index is 1890. The molecule has 7 heterocycles. The Hall–Kier alpha value is -3.02. The molecule has 7 N–H and O–H groups in total. The molecule has 3 aliphatic heterocycles. The summed E-state index contributed by atoms with van der Waals surface area (Å²) < 4.78 is 57.7. The number of aliphatic hydroxyl groups is 2. The second-order valence-electron chi connectivity index (χ2n) is 10.2. The Morgan fingerprint density at radius 2 is 1.41 bits per heavy atom. The zero-order valence-corrected chi connectivity index (χ0v) is 24.8. The van der Waals surface area contributed by atoms with E-state index in [0.29, 0.717) is 0 Å². The van der Waals surface area contributed by atoms with Crippen molar-refractivity contribution in [3.63, 3.8) is 0 Å². The second-order valence-corrected chi connectivity index (χ2v) is 14.7. The summed E-state index contributed by atoms with van der Waals surface area (Å²) in [6.45, 7) is -4.68. The second kappa shape index (κ2) is 10.8. The van der Waals surface area contributed by atoms with Crippen LogP contribution in [-0.2, 0) is 44.6 Å². The third-order valence-corrected chi connectivity index (χ3v) is 10.3. The maximum atomic E-state index is 13.2. The van der Waals surface area contributed by atoms with E-state index in [1.54, 1.807) is 0 Å². The van der Waals surface area contributed by atoms with Gasteiger partial charge in [-0.15, -0.1) is 0 Å². The fourth-order valence-corrected chi connectivity index (χ4v) is 8.10. The van der Waals surface area contributed by atoms with Crippen molar-refractivity contribution < 1.29 is 46.2 Å². The maximum Gasteiger partial charge on any atom is 0.325 e. The van der Waals surface area contributed by atoms with Crippen LogP contribution in [0.3, 0.4) is 0 Å². The molecule has 1 unspecified atom stereocenters. The van der Waals surface area contributed by atoms with E-state index in [1.807, 2.05) is 0 Å². The van der Waals surface area contributed by atoms with Gasteiger partial charge in [0.1, 0.15) is 54.2 Å². The normalized spacial score (nSPS) is 36.1. The fourth-order valence-electron chi connectivity index (χ4n) is 5.46. The van der Waals surface area contributed by atoms with Crippen LogP contribution in [0.25, 0.3) is 22.3 Å². The molecule has 4 aromatic rings. The molecule has 3 aliphatic rings. The summed E-state index contributed by atoms with van der Waals surface area (Å²) in [6.07, 6.45) is -5.90. The number of nitrogens with zero attached hydrogens (tertiary/aromatic N) is 8. The number of hydrogen-bond acceptors (Lipinski definition) is 18. The number of nitrogen functional groups attached to an aromatic ring is 2. The van der Waals surface area contributed by atoms with E-state index in [-0.39, 0.29) is 40.4 Å². The molecule has 7 rings (SSSR count). The summed E-state index contributed by atoms with van der Waals surface area (Å²) in [7, 11) is -4.35. The number of rotatable bonds is 2. The minimum absolute atomic E-state index is 0.0869. The van der Waals surface area contributed by atoms with E-state index in [4.69, 9.17) is 46.0 Å². The first-order valence-corrected chi connectivity index (χ1v) is 17.2. The smallest absolute Gasteiger partial charge is 0.325 e. The average Bonchev–Trinajstić information content (AvgIpc) is 3.73. The molecule has 9 atom stereocenters. The SMILES string of the molecule is Nc1ncnc2c1ncn2[C@@H]1O[C@@H]2CCS(=O)(=O)O[C@H]3[C@@H](O)[C@H](n4cnc5c(N)ncnc54)O[C@@H]3COP(O)(=S)O[C@H]2[C@H]1O. The Labute approximate surface area is 252 Å². The van der Waals surface area contributed by atoms with Gasteiger partial charge in [0.2, 0.25) is 0 Å². The van der Waals surface area contributed by atoms with Crippen LogP contribution in [0.5, 0.6) is 0 Å². The highest BCUT2D eigenvalue weighted by atomic mass is 32.5. The first-order chi connectivity index (χ1) is 20.9. The zero-order valence-electron chi connectivity index (χ0n) is 22.2. The molecule has 0 radical (unpaired) electrons. The van der Waals surface area contributed by atoms with Gasteiger partial charge in [0, 0.05) is 0 Å². The average molecular weight is 673 g/mol. The Morgan fingerprint density at radius 1 is 0.864 bits per heavy atom. The first-order valence-electron chi connectivity index (χ1n) is 13.0. The van der Waals surface area contributed by atoms with Crippen molar-refractivity contribution in [3.8, 4) is 0 Å². The van der Waals surface area contributed by atoms with E-state index in [9.17, 15) is 23.5 Å². The Kier molecular flexibility index (Phi) is 7.29. The van der Waals surface area contributed by atoms with Gasteiger partial charge in [0.05, 0.1) is 31.1 Å². The van der Waals surface area contributed by atoms with Crippen molar-refractivity contribution in [3.05, 3.63) is 25.3 Å². The molecule has 23 heteroatoms. The number of imidazole rings is 2. The van der Waals surface area contributed by atoms with Crippen molar-refractivity contribution in [2.45, 2.75) is 55.5 Å². The number of hydrogen-bond donors (Lipinski definition) is 5. The maximum absolute atomic E-state index is 13.2. The lowest BCUT2D eigenvalue weighted by atomic mass is 10.1. The van der Waals surface area contributed by atoms with E-state index in [2.05, 4.69) is 29.9 Å². The van der Waals surface area contributed by atoms with Crippen LogP contribution in [0.1, 0.15) is 18.9 Å². The lowest BCUT2D eigenvalue weighted by Crippen LogP contribution is -2.40. The van der Waals surface area contributed by atoms with Gasteiger partial charge < -0.3 is 40.6 Å². The van der Waals surface area contributed by atoms with Crippen LogP contribution in [0.15, 0.2) is 25.3 Å². The number of aliphatic hydroxyl groups excluding tert-OH is 2. The molecule has 4 aromatic heterocycles. The zero-order chi connectivity index (χ0) is 31.0. The molecule has 0 aromatic carbocycles. The molecule has 0 bridgehead atoms. The predicted octanol–water partition coefficient (Wildman–Crippen LogP) is -1.92. The molecule has 0 saturated carbocycles. The lowest BCUT2D eigenvalue weighted by Gasteiger charge is -2.28. The summed E-state index contributed by atoms with van der Waals surface area (Å²) in [5, 5.41) is 22.4. The van der Waals surface area contributed by atoms with Crippen LogP contribution in [-0.4, -0.2) is 112 Å². The highest BCUT2D eigenvalue weighted by molar-refractivity contribution is 8.07. The lowest BCUT2D eigenvalue weighted by molar-refractivity contribution is -0.0515. The van der Waals surface area contributed by atoms with E-state index < -0.39 is 78.3 Å². The van der Waals surface area contributed by atoms with Gasteiger partial charge in [-0.2, -0.15) is 8.42 Å². The quantitative estimate of drug-likeness (QED) is 0.115. The monoisotopic (exact) mass is 672 g/mol. The minimum Gasteiger partial charge on any atom is -0.386 e. The van der Waals surface area contributed by atoms with Crippen LogP contribution in [0.2, 0.25) is 0 Å². The largest absolute Gasteiger partial charge is 0.386 e. The highest BCUT2D eigenvalue weighted by Gasteiger charge is 2.52. The molecule has 44 heavy (non-hydrogen) atoms. The van der Waals surface area contributed by atoms with Crippen molar-refractivity contribution >= 4 is 62.6 Å². The van der Waals surface area contributed by atoms with Gasteiger partial charge in [0.25, 0.3) is 10.1 Å². The summed E-state index contributed by atoms with van der Waals surface area (Å²) in [4.78, 5) is 35.3. The van der Waals surface area contributed by atoms with Gasteiger partial charge in [-0.25, -0.2) is 29.9 Å². The van der Waals surface area contributed by atoms with Crippen molar-refractivity contribution in [1.29, 1.82) is 0 Å². The molecule has 0 spiro atoms. The molecule has 3 fully saturated rings. The van der Waals surface area contributed by atoms with Crippen molar-refractivity contribution in [1.82, 2.24) is 39.0 Å². The van der Waals surface area contributed by atoms with E-state index >= 15 is 0 Å². The fraction of sp³-hybridized carbons (Fsp3) is 0.524. The third kappa shape index (κ3) is 5.10. The summed E-state index contributed by atoms with van der Waals surface area (Å²) in [6, 6.07) is 0. The van der Waals surface area contributed by atoms with E-state index in [1.165, 1.54) is 34.4 Å². The molecule has 236 valence electrons. The summed E-state index contributed by atoms with van der Waals surface area (Å²) >= 11 is 5.23. The highest BCUT2D eigenvalue weighted by Crippen LogP contribution is 2.50. The number of ether oxygens (including phenoxy) is 2. The summed E-state index contributed by atoms with van der Waals surface area (Å²) in [5.74, 6) is -0.435. The molecular weight excluding hydrogens is 647 g/mol. The van der Waals surface area contributed by atoms with Gasteiger partial charge in [-0.05, 0) is 18.2 Å². The van der Waals surface area contributed by atoms with Gasteiger partial charge in [0.15, 0.2) is 35.4 Å². The molecule has 3 saturated heterocycles. The number of anilines is 2. The number of nitrogens with two attached hydrogens (primary N) is 2. The van der Waals surface area contributed by atoms with E-state index in [0.717, 1.165) is 0 Å². The van der Waals surface area contributed by atoms with Gasteiger partial charge >= 0.3 is 6.72 Å². The topological polar surface area (TPSA) is 280 Å². The van der Waals surface area contributed by atoms with Gasteiger partial charge in [-0.3, -0.25) is 17.8 Å². The van der Waals surface area contributed by atoms with Gasteiger partial charge in [-0.1, -0.05) is 0 Å². The summed E-state index contributed by atoms with van der Waals surface area (Å²) in [5.41, 5.74) is 12.7. The standard InChI is InChI=1S/C21H25N10O10PS2/c22-16-10-18(26-4-24-16)30(6-28-10)20-12(32)14-8(38-20)1-2-44(35,36)41-15-9(3-37-42(34,43)40-14)39-21(13(15)33)31-7-29-11-17(23)25-5-27-19(11)31/h4-9,12-15,20-21,32-33H,1-3H2,(H,34,43)(H2,22,24,26)(H2,23,25,27)/t8-,9-,12-,13-,14-,15-,20-,21-,42?/m1/s1. The Balaban J connectivity index is 1.17. The predicted molar refractivity (Wildman–Crippen MR) is 150 cm³/mol. The molecular formula is C21H25N10O10PS2. The van der Waals surface area contributed by atoms with Crippen LogP contribution in [0, 0.1) is 0 Å². The minimum atomic E-state index is -4.35. The van der Waals surface area contributed by atoms with Crippen molar-refractivity contribution in [2.75, 3.05) is 23.8 Å². The third-order valence-electron chi connectivity index (χ3n) is 7.51. The number of aromatic nitrogens is 8. The molecule has 20 nitrogen and oxygen atoms in total. The van der Waals surface area contributed by atoms with Crippen LogP contribution in [0.4, 0.5) is 11.6 Å². The Morgan fingerprint density at radius 3 is 2.00 bits per heavy atom. The molecule has 0 aliphatic carbocycles. The van der Waals surface area contributed by atoms with Crippen LogP contribution >= 0.6 is 6.72 Å². The first kappa shape index (κ1) is 29.7. The molecule has 0 amide bonds. The number of fused-ring (bicyclic) bond motifs is 4.